The van der Waals surface area contributed by atoms with Crippen LogP contribution in [0.15, 0.2) is 48.5 Å². The Hall–Kier alpha value is -3.10. The van der Waals surface area contributed by atoms with E-state index in [4.69, 9.17) is 9.47 Å². The van der Waals surface area contributed by atoms with Gasteiger partial charge in [-0.15, -0.1) is 0 Å². The topological polar surface area (TPSA) is 84.3 Å². The highest BCUT2D eigenvalue weighted by atomic mass is 16.5. The van der Waals surface area contributed by atoms with Crippen LogP contribution in [-0.4, -0.2) is 65.9 Å². The van der Waals surface area contributed by atoms with E-state index in [-0.39, 0.29) is 6.04 Å². The van der Waals surface area contributed by atoms with Gasteiger partial charge in [0.2, 0.25) is 0 Å². The normalized spacial score (nSPS) is 15.1. The summed E-state index contributed by atoms with van der Waals surface area (Å²) in [6.07, 6.45) is 0. The Morgan fingerprint density at radius 3 is 2.26 bits per heavy atom. The molecular formula is C23H31N4O4+. The van der Waals surface area contributed by atoms with Crippen LogP contribution in [0.3, 0.4) is 0 Å². The maximum absolute atomic E-state index is 12.4. The average molecular weight is 428 g/mol. The number of anilines is 2. The van der Waals surface area contributed by atoms with Crippen molar-refractivity contribution in [3.63, 3.8) is 0 Å². The Morgan fingerprint density at radius 2 is 1.68 bits per heavy atom. The van der Waals surface area contributed by atoms with Crippen molar-refractivity contribution in [1.29, 1.82) is 0 Å². The van der Waals surface area contributed by atoms with Crippen LogP contribution < -0.4 is 25.2 Å². The van der Waals surface area contributed by atoms with Gasteiger partial charge in [0.25, 0.3) is 0 Å². The summed E-state index contributed by atoms with van der Waals surface area (Å²) in [7, 11) is 5.57. The first-order chi connectivity index (χ1) is 15.0. The van der Waals surface area contributed by atoms with Crippen molar-refractivity contribution in [3.05, 3.63) is 54.1 Å². The van der Waals surface area contributed by atoms with Gasteiger partial charge in [0.1, 0.15) is 24.9 Å². The van der Waals surface area contributed by atoms with Gasteiger partial charge in [0, 0.05) is 31.0 Å². The first-order valence-corrected chi connectivity index (χ1v) is 10.4. The minimum absolute atomic E-state index is 0.0397. The van der Waals surface area contributed by atoms with Crippen LogP contribution in [0.4, 0.5) is 11.4 Å². The second-order valence-corrected chi connectivity index (χ2v) is 7.70. The molecule has 8 heteroatoms. The lowest BCUT2D eigenvalue weighted by Gasteiger charge is -2.32. The number of hydrogen-bond acceptors (Lipinski definition) is 5. The first-order valence-electron chi connectivity index (χ1n) is 10.4. The molecule has 3 rings (SSSR count). The number of hydrogen-bond donors (Lipinski definition) is 3. The van der Waals surface area contributed by atoms with Crippen LogP contribution >= 0.6 is 0 Å². The molecule has 3 N–H and O–H groups in total. The van der Waals surface area contributed by atoms with Crippen LogP contribution in [0.25, 0.3) is 0 Å². The van der Waals surface area contributed by atoms with Crippen LogP contribution in [0.5, 0.6) is 5.75 Å². The number of rotatable bonds is 7. The molecule has 31 heavy (non-hydrogen) atoms. The number of amides is 2. The number of methoxy groups -OCH3 is 1. The fourth-order valence-electron chi connectivity index (χ4n) is 3.62. The summed E-state index contributed by atoms with van der Waals surface area (Å²) in [6.45, 7) is 3.45. The zero-order valence-corrected chi connectivity index (χ0v) is 18.3. The number of ether oxygens (including phenoxy) is 2. The highest BCUT2D eigenvalue weighted by Crippen LogP contribution is 2.17. The molecule has 8 nitrogen and oxygen atoms in total. The minimum atomic E-state index is -0.691. The SMILES string of the molecule is COc1ccc(NC(=O)C(=O)NC[C@H](c2ccc(N(C)C)cc2)[NH+]2CCOCC2)cc1. The lowest BCUT2D eigenvalue weighted by Crippen LogP contribution is -3.15. The fourth-order valence-corrected chi connectivity index (χ4v) is 3.62. The number of nitrogens with zero attached hydrogens (tertiary/aromatic N) is 1. The van der Waals surface area contributed by atoms with Crippen molar-refractivity contribution >= 4 is 23.2 Å². The van der Waals surface area contributed by atoms with Crippen molar-refractivity contribution < 1.29 is 24.0 Å². The molecule has 0 radical (unpaired) electrons. The molecule has 1 aliphatic heterocycles. The van der Waals surface area contributed by atoms with Gasteiger partial charge in [0.15, 0.2) is 0 Å². The third-order valence-electron chi connectivity index (χ3n) is 5.46. The fraction of sp³-hybridized carbons (Fsp3) is 0.391. The predicted octanol–water partition coefficient (Wildman–Crippen LogP) is 0.472. The zero-order valence-electron chi connectivity index (χ0n) is 18.3. The number of carbonyl (C=O) groups excluding carboxylic acids is 2. The summed E-state index contributed by atoms with van der Waals surface area (Å²) in [5.41, 5.74) is 2.77. The second kappa shape index (κ2) is 10.8. The maximum atomic E-state index is 12.4. The van der Waals surface area contributed by atoms with Gasteiger partial charge in [-0.1, -0.05) is 12.1 Å². The van der Waals surface area contributed by atoms with Crippen molar-refractivity contribution in [2.75, 3.05) is 64.3 Å². The van der Waals surface area contributed by atoms with E-state index in [0.29, 0.717) is 31.2 Å². The molecule has 166 valence electrons. The third kappa shape index (κ3) is 6.19. The molecule has 2 aromatic carbocycles. The quantitative estimate of drug-likeness (QED) is 0.560. The van der Waals surface area contributed by atoms with E-state index in [9.17, 15) is 9.59 Å². The lowest BCUT2D eigenvalue weighted by atomic mass is 10.0. The highest BCUT2D eigenvalue weighted by molar-refractivity contribution is 6.39. The maximum Gasteiger partial charge on any atom is 0.313 e. The van der Waals surface area contributed by atoms with Crippen LogP contribution in [0, 0.1) is 0 Å². The molecule has 0 unspecified atom stereocenters. The summed E-state index contributed by atoms with van der Waals surface area (Å²) >= 11 is 0. The Balaban J connectivity index is 1.64. The highest BCUT2D eigenvalue weighted by Gasteiger charge is 2.28. The number of quaternary nitrogens is 1. The molecule has 1 aliphatic rings. The molecule has 0 aliphatic carbocycles. The molecule has 1 atom stereocenters. The molecule has 0 spiro atoms. The Morgan fingerprint density at radius 1 is 1.03 bits per heavy atom. The van der Waals surface area contributed by atoms with Crippen molar-refractivity contribution in [2.24, 2.45) is 0 Å². The first kappa shape index (κ1) is 22.6. The minimum Gasteiger partial charge on any atom is -0.497 e. The number of morpholine rings is 1. The predicted molar refractivity (Wildman–Crippen MR) is 120 cm³/mol. The van der Waals surface area contributed by atoms with E-state index in [2.05, 4.69) is 34.9 Å². The third-order valence-corrected chi connectivity index (χ3v) is 5.46. The van der Waals surface area contributed by atoms with Gasteiger partial charge in [-0.05, 0) is 36.4 Å². The summed E-state index contributed by atoms with van der Waals surface area (Å²) in [5.74, 6) is -0.665. The van der Waals surface area contributed by atoms with E-state index < -0.39 is 11.8 Å². The summed E-state index contributed by atoms with van der Waals surface area (Å²) in [4.78, 5) is 28.1. The van der Waals surface area contributed by atoms with Crippen LogP contribution in [0.1, 0.15) is 11.6 Å². The number of nitrogens with one attached hydrogen (secondary N) is 3. The molecule has 0 bridgehead atoms. The number of benzene rings is 2. The van der Waals surface area contributed by atoms with Crippen molar-refractivity contribution in [3.8, 4) is 5.75 Å². The summed E-state index contributed by atoms with van der Waals surface area (Å²) in [6, 6.07) is 15.2. The molecule has 0 aromatic heterocycles. The molecular weight excluding hydrogens is 396 g/mol. The average Bonchev–Trinajstić information content (AvgIpc) is 2.80. The number of carbonyl (C=O) groups is 2. The van der Waals surface area contributed by atoms with Crippen LogP contribution in [-0.2, 0) is 14.3 Å². The Labute approximate surface area is 183 Å². The van der Waals surface area contributed by atoms with Gasteiger partial charge < -0.3 is 29.9 Å². The van der Waals surface area contributed by atoms with Gasteiger partial charge in [-0.3, -0.25) is 9.59 Å². The molecule has 1 heterocycles. The second-order valence-electron chi connectivity index (χ2n) is 7.70. The Kier molecular flexibility index (Phi) is 7.86. The standard InChI is InChI=1S/C23H30N4O4/c1-26(2)19-8-4-17(5-9-19)21(27-12-14-31-15-13-27)16-24-22(28)23(29)25-18-6-10-20(30-3)11-7-18/h4-11,21H,12-16H2,1-3H3,(H,24,28)(H,25,29)/p+1/t21-/m1/s1. The summed E-state index contributed by atoms with van der Waals surface area (Å²) < 4.78 is 10.6. The summed E-state index contributed by atoms with van der Waals surface area (Å²) in [5, 5.41) is 5.43. The largest absolute Gasteiger partial charge is 0.497 e. The van der Waals surface area contributed by atoms with E-state index in [1.165, 1.54) is 4.90 Å². The smallest absolute Gasteiger partial charge is 0.313 e. The molecule has 0 saturated carbocycles. The van der Waals surface area contributed by atoms with Crippen molar-refractivity contribution in [2.45, 2.75) is 6.04 Å². The van der Waals surface area contributed by atoms with E-state index in [1.807, 2.05) is 19.0 Å². The van der Waals surface area contributed by atoms with E-state index in [0.717, 1.165) is 24.3 Å². The Bertz CT molecular complexity index is 862. The van der Waals surface area contributed by atoms with Gasteiger partial charge in [-0.25, -0.2) is 0 Å². The zero-order chi connectivity index (χ0) is 22.2. The van der Waals surface area contributed by atoms with E-state index in [1.54, 1.807) is 31.4 Å². The van der Waals surface area contributed by atoms with Gasteiger partial charge in [-0.2, -0.15) is 0 Å². The molecule has 2 aromatic rings. The monoisotopic (exact) mass is 427 g/mol. The molecule has 1 fully saturated rings. The van der Waals surface area contributed by atoms with Gasteiger partial charge in [0.05, 0.1) is 26.9 Å². The molecule has 2 amide bonds. The van der Waals surface area contributed by atoms with E-state index >= 15 is 0 Å². The van der Waals surface area contributed by atoms with Crippen LogP contribution in [0.2, 0.25) is 0 Å². The lowest BCUT2D eigenvalue weighted by molar-refractivity contribution is -0.937. The van der Waals surface area contributed by atoms with Crippen molar-refractivity contribution in [1.82, 2.24) is 5.32 Å². The molecule has 1 saturated heterocycles. The van der Waals surface area contributed by atoms with Gasteiger partial charge >= 0.3 is 11.8 Å².